The first-order valence-electron chi connectivity index (χ1n) is 7.71. The lowest BCUT2D eigenvalue weighted by atomic mass is 9.84. The Bertz CT molecular complexity index is 522. The third-order valence-corrected chi connectivity index (χ3v) is 4.61. The van der Waals surface area contributed by atoms with E-state index in [1.807, 2.05) is 29.2 Å². The number of likely N-dealkylation sites (tertiary alicyclic amines) is 1. The minimum absolute atomic E-state index is 0.152. The molecule has 0 saturated carbocycles. The molecule has 0 bridgehead atoms. The van der Waals surface area contributed by atoms with Crippen molar-refractivity contribution in [2.75, 3.05) is 33.9 Å². The zero-order valence-corrected chi connectivity index (χ0v) is 13.2. The molecule has 1 amide bonds. The molecule has 22 heavy (non-hydrogen) atoms. The van der Waals surface area contributed by atoms with Crippen molar-refractivity contribution < 1.29 is 19.0 Å². The number of hydrogen-bond acceptors (Lipinski definition) is 4. The number of carbonyl (C=O) groups excluding carboxylic acids is 1. The molecule has 120 valence electrons. The summed E-state index contributed by atoms with van der Waals surface area (Å²) in [6, 6.07) is 7.63. The Kier molecular flexibility index (Phi) is 4.36. The number of amides is 1. The maximum Gasteiger partial charge on any atom is 0.227 e. The van der Waals surface area contributed by atoms with Crippen LogP contribution in [0.2, 0.25) is 0 Å². The molecule has 5 heteroatoms. The Hall–Kier alpha value is -1.59. The third kappa shape index (κ3) is 3.10. The van der Waals surface area contributed by atoms with Crippen molar-refractivity contribution in [1.82, 2.24) is 4.90 Å². The molecule has 5 nitrogen and oxygen atoms in total. The van der Waals surface area contributed by atoms with Crippen LogP contribution in [0.5, 0.6) is 5.75 Å². The van der Waals surface area contributed by atoms with Crippen molar-refractivity contribution in [3.05, 3.63) is 29.8 Å². The van der Waals surface area contributed by atoms with E-state index in [2.05, 4.69) is 0 Å². The van der Waals surface area contributed by atoms with Gasteiger partial charge in [0.25, 0.3) is 0 Å². The standard InChI is InChI=1S/C17H23NO4/c1-20-14-5-3-13(4-6-14)9-16(19)18-11-17(12-18)10-15(21-2)7-8-22-17/h3-6,15H,7-12H2,1-2H3/t15-/m1/s1. The summed E-state index contributed by atoms with van der Waals surface area (Å²) < 4.78 is 16.5. The van der Waals surface area contributed by atoms with E-state index < -0.39 is 0 Å². The Morgan fingerprint density at radius 1 is 1.32 bits per heavy atom. The molecular weight excluding hydrogens is 282 g/mol. The van der Waals surface area contributed by atoms with Crippen molar-refractivity contribution in [3.63, 3.8) is 0 Å². The molecule has 0 radical (unpaired) electrons. The molecule has 0 unspecified atom stereocenters. The Balaban J connectivity index is 1.52. The van der Waals surface area contributed by atoms with E-state index in [0.29, 0.717) is 19.5 Å². The highest BCUT2D eigenvalue weighted by Crippen LogP contribution is 2.35. The highest BCUT2D eigenvalue weighted by Gasteiger charge is 2.49. The first kappa shape index (κ1) is 15.3. The predicted molar refractivity (Wildman–Crippen MR) is 82.0 cm³/mol. The van der Waals surface area contributed by atoms with E-state index >= 15 is 0 Å². The summed E-state index contributed by atoms with van der Waals surface area (Å²) in [7, 11) is 3.38. The zero-order valence-electron chi connectivity index (χ0n) is 13.2. The van der Waals surface area contributed by atoms with E-state index in [0.717, 1.165) is 30.8 Å². The van der Waals surface area contributed by atoms with Gasteiger partial charge in [0.2, 0.25) is 5.91 Å². The van der Waals surface area contributed by atoms with Gasteiger partial charge in [0.1, 0.15) is 11.4 Å². The number of rotatable bonds is 4. The maximum atomic E-state index is 12.3. The lowest BCUT2D eigenvalue weighted by Gasteiger charge is -2.53. The second-order valence-corrected chi connectivity index (χ2v) is 6.16. The van der Waals surface area contributed by atoms with Crippen molar-refractivity contribution in [1.29, 1.82) is 0 Å². The Labute approximate surface area is 131 Å². The van der Waals surface area contributed by atoms with E-state index in [1.165, 1.54) is 0 Å². The highest BCUT2D eigenvalue weighted by atomic mass is 16.5. The van der Waals surface area contributed by atoms with Gasteiger partial charge in [-0.25, -0.2) is 0 Å². The van der Waals surface area contributed by atoms with Gasteiger partial charge in [-0.05, 0) is 24.1 Å². The second kappa shape index (κ2) is 6.26. The van der Waals surface area contributed by atoms with Gasteiger partial charge in [-0.1, -0.05) is 12.1 Å². The molecule has 1 atom stereocenters. The summed E-state index contributed by atoms with van der Waals surface area (Å²) in [5.41, 5.74) is 0.834. The Morgan fingerprint density at radius 3 is 2.68 bits per heavy atom. The van der Waals surface area contributed by atoms with Crippen LogP contribution in [0.25, 0.3) is 0 Å². The van der Waals surface area contributed by atoms with Gasteiger partial charge in [0.05, 0.1) is 32.7 Å². The summed E-state index contributed by atoms with van der Waals surface area (Å²) in [6.45, 7) is 2.09. The van der Waals surface area contributed by atoms with Crippen LogP contribution in [0.3, 0.4) is 0 Å². The zero-order chi connectivity index (χ0) is 15.6. The van der Waals surface area contributed by atoms with E-state index in [9.17, 15) is 4.79 Å². The molecule has 2 heterocycles. The fraction of sp³-hybridized carbons (Fsp3) is 0.588. The van der Waals surface area contributed by atoms with E-state index in [-0.39, 0.29) is 17.6 Å². The number of methoxy groups -OCH3 is 2. The molecule has 1 aromatic carbocycles. The quantitative estimate of drug-likeness (QED) is 0.848. The smallest absolute Gasteiger partial charge is 0.227 e. The van der Waals surface area contributed by atoms with Crippen LogP contribution in [0.4, 0.5) is 0 Å². The molecule has 2 aliphatic heterocycles. The van der Waals surface area contributed by atoms with Crippen molar-refractivity contribution >= 4 is 5.91 Å². The average Bonchev–Trinajstić information content (AvgIpc) is 2.53. The van der Waals surface area contributed by atoms with Crippen LogP contribution in [-0.4, -0.2) is 56.4 Å². The molecule has 0 aromatic heterocycles. The minimum atomic E-state index is -0.172. The van der Waals surface area contributed by atoms with E-state index in [1.54, 1.807) is 14.2 Å². The molecule has 2 fully saturated rings. The normalized spacial score (nSPS) is 23.2. The molecule has 1 spiro atoms. The van der Waals surface area contributed by atoms with Gasteiger partial charge in [0.15, 0.2) is 0 Å². The van der Waals surface area contributed by atoms with Gasteiger partial charge in [-0.15, -0.1) is 0 Å². The van der Waals surface area contributed by atoms with Crippen LogP contribution in [0, 0.1) is 0 Å². The summed E-state index contributed by atoms with van der Waals surface area (Å²) in [5.74, 6) is 0.958. The van der Waals surface area contributed by atoms with Crippen LogP contribution in [0.15, 0.2) is 24.3 Å². The minimum Gasteiger partial charge on any atom is -0.497 e. The van der Waals surface area contributed by atoms with Crippen molar-refractivity contribution in [2.45, 2.75) is 31.0 Å². The van der Waals surface area contributed by atoms with Gasteiger partial charge < -0.3 is 19.1 Å². The van der Waals surface area contributed by atoms with Gasteiger partial charge in [-0.2, -0.15) is 0 Å². The number of hydrogen-bond donors (Lipinski definition) is 0. The lowest BCUT2D eigenvalue weighted by Crippen LogP contribution is -2.67. The van der Waals surface area contributed by atoms with Crippen molar-refractivity contribution in [3.8, 4) is 5.75 Å². The molecule has 2 saturated heterocycles. The molecule has 1 aromatic rings. The number of benzene rings is 1. The van der Waals surface area contributed by atoms with Crippen LogP contribution in [0.1, 0.15) is 18.4 Å². The number of carbonyl (C=O) groups is 1. The van der Waals surface area contributed by atoms with Gasteiger partial charge >= 0.3 is 0 Å². The maximum absolute atomic E-state index is 12.3. The van der Waals surface area contributed by atoms with Crippen LogP contribution < -0.4 is 4.74 Å². The van der Waals surface area contributed by atoms with Gasteiger partial charge in [0, 0.05) is 20.1 Å². The first-order valence-corrected chi connectivity index (χ1v) is 7.71. The summed E-state index contributed by atoms with van der Waals surface area (Å²) in [4.78, 5) is 14.2. The molecule has 0 N–H and O–H groups in total. The molecule has 3 rings (SSSR count). The highest BCUT2D eigenvalue weighted by molar-refractivity contribution is 5.80. The van der Waals surface area contributed by atoms with Crippen LogP contribution in [-0.2, 0) is 20.7 Å². The topological polar surface area (TPSA) is 48.0 Å². The fourth-order valence-electron chi connectivity index (χ4n) is 3.26. The Morgan fingerprint density at radius 2 is 2.05 bits per heavy atom. The average molecular weight is 305 g/mol. The molecular formula is C17H23NO4. The summed E-state index contributed by atoms with van der Waals surface area (Å²) >= 11 is 0. The van der Waals surface area contributed by atoms with Crippen LogP contribution >= 0.6 is 0 Å². The SMILES string of the molecule is COc1ccc(CC(=O)N2CC3(C[C@H](OC)CCO3)C2)cc1. The predicted octanol–water partition coefficient (Wildman–Crippen LogP) is 1.64. The largest absolute Gasteiger partial charge is 0.497 e. The number of ether oxygens (including phenoxy) is 3. The second-order valence-electron chi connectivity index (χ2n) is 6.16. The third-order valence-electron chi connectivity index (χ3n) is 4.61. The fourth-order valence-corrected chi connectivity index (χ4v) is 3.26. The molecule has 2 aliphatic rings. The number of nitrogens with zero attached hydrogens (tertiary/aromatic N) is 1. The van der Waals surface area contributed by atoms with E-state index in [4.69, 9.17) is 14.2 Å². The summed E-state index contributed by atoms with van der Waals surface area (Å²) in [5, 5.41) is 0. The van der Waals surface area contributed by atoms with Gasteiger partial charge in [-0.3, -0.25) is 4.79 Å². The molecule has 0 aliphatic carbocycles. The lowest BCUT2D eigenvalue weighted by molar-refractivity contribution is -0.198. The monoisotopic (exact) mass is 305 g/mol. The first-order chi connectivity index (χ1) is 10.6. The van der Waals surface area contributed by atoms with Crippen molar-refractivity contribution in [2.24, 2.45) is 0 Å². The summed E-state index contributed by atoms with van der Waals surface area (Å²) in [6.07, 6.45) is 2.51.